The number of hydrogen-bond acceptors (Lipinski definition) is 4. The Morgan fingerprint density at radius 2 is 2.00 bits per heavy atom. The Kier molecular flexibility index (Phi) is 6.06. The number of nitrogens with one attached hydrogen (secondary N) is 1. The molecule has 5 nitrogen and oxygen atoms in total. The number of anilines is 1. The number of benzene rings is 2. The predicted octanol–water partition coefficient (Wildman–Crippen LogP) is 4.35. The lowest BCUT2D eigenvalue weighted by molar-refractivity contribution is -0.113. The minimum Gasteiger partial charge on any atom is -0.325 e. The van der Waals surface area contributed by atoms with E-state index in [0.717, 1.165) is 34.6 Å². The molecule has 0 aliphatic heterocycles. The molecule has 1 heterocycles. The van der Waals surface area contributed by atoms with E-state index in [9.17, 15) is 4.79 Å². The van der Waals surface area contributed by atoms with Gasteiger partial charge >= 0.3 is 0 Å². The van der Waals surface area contributed by atoms with Crippen LogP contribution in [0.25, 0.3) is 10.8 Å². The first-order valence-electron chi connectivity index (χ1n) is 8.56. The van der Waals surface area contributed by atoms with Crippen LogP contribution >= 0.6 is 11.8 Å². The van der Waals surface area contributed by atoms with Crippen LogP contribution in [0.3, 0.4) is 0 Å². The molecule has 130 valence electrons. The van der Waals surface area contributed by atoms with E-state index in [1.165, 1.54) is 24.6 Å². The van der Waals surface area contributed by atoms with Crippen LogP contribution in [-0.2, 0) is 11.3 Å². The summed E-state index contributed by atoms with van der Waals surface area (Å²) >= 11 is 1.42. The number of nitrogens with zero attached hydrogens (tertiary/aromatic N) is 3. The summed E-state index contributed by atoms with van der Waals surface area (Å²) in [6, 6.07) is 14.0. The molecule has 1 amide bonds. The Balaban J connectivity index is 1.59. The number of aromatic nitrogens is 3. The van der Waals surface area contributed by atoms with E-state index in [-0.39, 0.29) is 5.91 Å². The van der Waals surface area contributed by atoms with E-state index in [2.05, 4.69) is 22.4 Å². The largest absolute Gasteiger partial charge is 0.325 e. The van der Waals surface area contributed by atoms with Crippen molar-refractivity contribution in [2.24, 2.45) is 0 Å². The van der Waals surface area contributed by atoms with Crippen LogP contribution in [0, 0.1) is 0 Å². The summed E-state index contributed by atoms with van der Waals surface area (Å²) in [4.78, 5) is 12.3. The molecule has 0 spiro atoms. The van der Waals surface area contributed by atoms with Gasteiger partial charge in [0.1, 0.15) is 6.33 Å². The van der Waals surface area contributed by atoms with Crippen LogP contribution in [0.15, 0.2) is 53.9 Å². The Labute approximate surface area is 151 Å². The molecule has 0 unspecified atom stereocenters. The number of carbonyl (C=O) groups is 1. The third kappa shape index (κ3) is 4.60. The van der Waals surface area contributed by atoms with Crippen molar-refractivity contribution in [2.45, 2.75) is 37.9 Å². The Bertz CT molecular complexity index is 841. The van der Waals surface area contributed by atoms with Gasteiger partial charge in [0, 0.05) is 17.6 Å². The molecule has 0 saturated heterocycles. The zero-order valence-electron chi connectivity index (χ0n) is 14.3. The lowest BCUT2D eigenvalue weighted by atomic mass is 10.1. The zero-order chi connectivity index (χ0) is 17.5. The number of rotatable bonds is 8. The molecule has 2 aromatic carbocycles. The van der Waals surface area contributed by atoms with Gasteiger partial charge in [-0.25, -0.2) is 0 Å². The maximum Gasteiger partial charge on any atom is 0.234 e. The van der Waals surface area contributed by atoms with Crippen molar-refractivity contribution in [1.29, 1.82) is 0 Å². The molecule has 1 N–H and O–H groups in total. The van der Waals surface area contributed by atoms with Crippen molar-refractivity contribution < 1.29 is 4.79 Å². The first-order valence-corrected chi connectivity index (χ1v) is 9.54. The topological polar surface area (TPSA) is 59.8 Å². The molecule has 0 saturated carbocycles. The van der Waals surface area contributed by atoms with Gasteiger partial charge in [-0.1, -0.05) is 67.9 Å². The van der Waals surface area contributed by atoms with Crippen molar-refractivity contribution in [3.05, 3.63) is 48.8 Å². The van der Waals surface area contributed by atoms with Crippen LogP contribution in [0.1, 0.15) is 26.2 Å². The van der Waals surface area contributed by atoms with E-state index in [1.54, 1.807) is 6.33 Å². The highest BCUT2D eigenvalue weighted by molar-refractivity contribution is 7.99. The second-order valence-corrected chi connectivity index (χ2v) is 6.82. The third-order valence-corrected chi connectivity index (χ3v) is 4.96. The predicted molar refractivity (Wildman–Crippen MR) is 103 cm³/mol. The highest BCUT2D eigenvalue weighted by Crippen LogP contribution is 2.23. The minimum atomic E-state index is -0.0375. The molecule has 25 heavy (non-hydrogen) atoms. The van der Waals surface area contributed by atoms with Gasteiger partial charge in [0.15, 0.2) is 5.16 Å². The summed E-state index contributed by atoms with van der Waals surface area (Å²) in [7, 11) is 0. The quantitative estimate of drug-likeness (QED) is 0.482. The number of hydrogen-bond donors (Lipinski definition) is 1. The van der Waals surface area contributed by atoms with Crippen molar-refractivity contribution in [2.75, 3.05) is 11.1 Å². The van der Waals surface area contributed by atoms with E-state index in [4.69, 9.17) is 0 Å². The maximum atomic E-state index is 12.3. The van der Waals surface area contributed by atoms with Crippen LogP contribution in [0.2, 0.25) is 0 Å². The summed E-state index contributed by atoms with van der Waals surface area (Å²) in [5.41, 5.74) is 0.841. The summed E-state index contributed by atoms with van der Waals surface area (Å²) in [5, 5.41) is 14.0. The molecule has 0 radical (unpaired) electrons. The van der Waals surface area contributed by atoms with Crippen molar-refractivity contribution in [3.63, 3.8) is 0 Å². The molecular formula is C19H22N4OS. The van der Waals surface area contributed by atoms with Gasteiger partial charge in [-0.3, -0.25) is 4.79 Å². The van der Waals surface area contributed by atoms with Gasteiger partial charge < -0.3 is 9.88 Å². The number of unbranched alkanes of at least 4 members (excludes halogenated alkanes) is 2. The maximum absolute atomic E-state index is 12.3. The fourth-order valence-electron chi connectivity index (χ4n) is 2.69. The molecule has 0 fully saturated rings. The van der Waals surface area contributed by atoms with Crippen molar-refractivity contribution in [1.82, 2.24) is 14.8 Å². The summed E-state index contributed by atoms with van der Waals surface area (Å²) in [6.07, 6.45) is 5.20. The fraction of sp³-hybridized carbons (Fsp3) is 0.316. The van der Waals surface area contributed by atoms with Gasteiger partial charge in [-0.2, -0.15) is 0 Å². The molecule has 0 aliphatic carbocycles. The zero-order valence-corrected chi connectivity index (χ0v) is 15.1. The number of amides is 1. The summed E-state index contributed by atoms with van der Waals surface area (Å²) in [6.45, 7) is 3.08. The van der Waals surface area contributed by atoms with E-state index in [1.807, 2.05) is 47.0 Å². The van der Waals surface area contributed by atoms with Crippen LogP contribution in [-0.4, -0.2) is 26.4 Å². The van der Waals surface area contributed by atoms with Crippen LogP contribution in [0.5, 0.6) is 0 Å². The van der Waals surface area contributed by atoms with Crippen LogP contribution < -0.4 is 5.32 Å². The first-order chi connectivity index (χ1) is 12.3. The SMILES string of the molecule is CCCCCn1cnnc1SCC(=O)Nc1cccc2ccccc12. The number of thioether (sulfide) groups is 1. The Morgan fingerprint density at radius 1 is 1.16 bits per heavy atom. The third-order valence-electron chi connectivity index (χ3n) is 3.98. The summed E-state index contributed by atoms with van der Waals surface area (Å²) < 4.78 is 2.02. The van der Waals surface area contributed by atoms with Crippen molar-refractivity contribution >= 4 is 34.1 Å². The molecule has 3 rings (SSSR count). The molecular weight excluding hydrogens is 332 g/mol. The normalized spacial score (nSPS) is 10.9. The van der Waals surface area contributed by atoms with E-state index >= 15 is 0 Å². The Hall–Kier alpha value is -2.34. The lowest BCUT2D eigenvalue weighted by Gasteiger charge is -2.09. The van der Waals surface area contributed by atoms with E-state index in [0.29, 0.717) is 5.75 Å². The minimum absolute atomic E-state index is 0.0375. The molecule has 3 aromatic rings. The highest BCUT2D eigenvalue weighted by Gasteiger charge is 2.10. The molecule has 6 heteroatoms. The number of aryl methyl sites for hydroxylation is 1. The monoisotopic (exact) mass is 354 g/mol. The Morgan fingerprint density at radius 3 is 2.88 bits per heavy atom. The van der Waals surface area contributed by atoms with Gasteiger partial charge in [0.05, 0.1) is 5.75 Å². The molecule has 0 aliphatic rings. The van der Waals surface area contributed by atoms with Gasteiger partial charge in [0.25, 0.3) is 0 Å². The second-order valence-electron chi connectivity index (χ2n) is 5.88. The average molecular weight is 354 g/mol. The van der Waals surface area contributed by atoms with Gasteiger partial charge in [-0.15, -0.1) is 10.2 Å². The molecule has 0 bridgehead atoms. The molecule has 1 aromatic heterocycles. The summed E-state index contributed by atoms with van der Waals surface area (Å²) in [5.74, 6) is 0.278. The van der Waals surface area contributed by atoms with E-state index < -0.39 is 0 Å². The fourth-order valence-corrected chi connectivity index (χ4v) is 3.43. The smallest absolute Gasteiger partial charge is 0.234 e. The lowest BCUT2D eigenvalue weighted by Crippen LogP contribution is -2.14. The number of fused-ring (bicyclic) bond motifs is 1. The van der Waals surface area contributed by atoms with Gasteiger partial charge in [-0.05, 0) is 17.9 Å². The number of carbonyl (C=O) groups excluding carboxylic acids is 1. The highest BCUT2D eigenvalue weighted by atomic mass is 32.2. The molecule has 0 atom stereocenters. The van der Waals surface area contributed by atoms with Gasteiger partial charge in [0.2, 0.25) is 5.91 Å². The van der Waals surface area contributed by atoms with Crippen molar-refractivity contribution in [3.8, 4) is 0 Å². The first kappa shape index (κ1) is 17.5. The average Bonchev–Trinajstić information content (AvgIpc) is 3.08. The van der Waals surface area contributed by atoms with Crippen LogP contribution in [0.4, 0.5) is 5.69 Å². The standard InChI is InChI=1S/C19H22N4OS/c1-2-3-6-12-23-14-20-22-19(23)25-13-18(24)21-17-11-7-9-15-8-4-5-10-16(15)17/h4-5,7-11,14H,2-3,6,12-13H2,1H3,(H,21,24). The second kappa shape index (κ2) is 8.67.